The Morgan fingerprint density at radius 3 is 2.95 bits per heavy atom. The van der Waals surface area contributed by atoms with Gasteiger partial charge >= 0.3 is 5.97 Å². The number of benzene rings is 1. The molecule has 0 aliphatic carbocycles. The number of methoxy groups -OCH3 is 1. The Balaban J connectivity index is 1.92. The van der Waals surface area contributed by atoms with Crippen molar-refractivity contribution >= 4 is 16.9 Å². The number of hydrogen-bond donors (Lipinski definition) is 2. The topological polar surface area (TPSA) is 97.3 Å². The number of H-pyrrole nitrogens is 1. The van der Waals surface area contributed by atoms with Crippen LogP contribution in [0.1, 0.15) is 16.1 Å². The van der Waals surface area contributed by atoms with Crippen molar-refractivity contribution in [2.24, 2.45) is 0 Å². The van der Waals surface area contributed by atoms with Crippen molar-refractivity contribution in [3.8, 4) is 11.6 Å². The molecule has 112 valence electrons. The summed E-state index contributed by atoms with van der Waals surface area (Å²) in [6, 6.07) is 6.83. The fourth-order valence-corrected chi connectivity index (χ4v) is 2.12. The summed E-state index contributed by atoms with van der Waals surface area (Å²) in [5.74, 6) is -0.127. The van der Waals surface area contributed by atoms with Gasteiger partial charge in [0, 0.05) is 30.3 Å². The largest absolute Gasteiger partial charge is 0.478 e. The molecule has 1 aromatic carbocycles. The molecule has 0 aliphatic heterocycles. The molecular weight excluding hydrogens is 286 g/mol. The Morgan fingerprint density at radius 2 is 2.18 bits per heavy atom. The Bertz CT molecular complexity index is 829. The molecule has 0 bridgehead atoms. The van der Waals surface area contributed by atoms with Crippen molar-refractivity contribution < 1.29 is 19.4 Å². The molecule has 2 aromatic heterocycles. The van der Waals surface area contributed by atoms with Gasteiger partial charge in [0.25, 0.3) is 0 Å². The average molecular weight is 299 g/mol. The number of rotatable bonds is 5. The number of hydrogen-bond acceptors (Lipinski definition) is 5. The molecule has 0 saturated carbocycles. The van der Waals surface area contributed by atoms with Gasteiger partial charge in [0.15, 0.2) is 0 Å². The number of carbonyl (C=O) groups is 1. The third-order valence-electron chi connectivity index (χ3n) is 3.10. The summed E-state index contributed by atoms with van der Waals surface area (Å²) in [6.07, 6.45) is 2.85. The van der Waals surface area contributed by atoms with Gasteiger partial charge in [-0.3, -0.25) is 0 Å². The van der Waals surface area contributed by atoms with Crippen LogP contribution < -0.4 is 4.74 Å². The summed E-state index contributed by atoms with van der Waals surface area (Å²) in [4.78, 5) is 22.2. The molecule has 22 heavy (non-hydrogen) atoms. The van der Waals surface area contributed by atoms with E-state index in [1.807, 2.05) is 0 Å². The first kappa shape index (κ1) is 14.0. The molecule has 3 rings (SSSR count). The van der Waals surface area contributed by atoms with E-state index >= 15 is 0 Å². The Hall–Kier alpha value is -2.93. The molecule has 0 fully saturated rings. The number of fused-ring (bicyclic) bond motifs is 1. The van der Waals surface area contributed by atoms with Crippen molar-refractivity contribution in [2.75, 3.05) is 7.11 Å². The van der Waals surface area contributed by atoms with Crippen LogP contribution in [0.4, 0.5) is 0 Å². The highest BCUT2D eigenvalue weighted by Gasteiger charge is 2.11. The van der Waals surface area contributed by atoms with Gasteiger partial charge in [-0.25, -0.2) is 14.8 Å². The van der Waals surface area contributed by atoms with E-state index in [2.05, 4.69) is 15.0 Å². The van der Waals surface area contributed by atoms with Crippen LogP contribution in [0.3, 0.4) is 0 Å². The van der Waals surface area contributed by atoms with E-state index in [4.69, 9.17) is 14.6 Å². The molecule has 0 spiro atoms. The summed E-state index contributed by atoms with van der Waals surface area (Å²) in [5.41, 5.74) is 1.62. The number of aromatic nitrogens is 3. The first-order valence-corrected chi connectivity index (χ1v) is 6.49. The highest BCUT2D eigenvalue weighted by atomic mass is 16.5. The summed E-state index contributed by atoms with van der Waals surface area (Å²) >= 11 is 0. The second kappa shape index (κ2) is 5.82. The molecule has 0 atom stereocenters. The first-order chi connectivity index (χ1) is 10.7. The van der Waals surface area contributed by atoms with Crippen LogP contribution in [0, 0.1) is 0 Å². The van der Waals surface area contributed by atoms with E-state index in [0.29, 0.717) is 29.3 Å². The van der Waals surface area contributed by atoms with Gasteiger partial charge in [0.05, 0.1) is 17.9 Å². The molecular formula is C15H13N3O4. The van der Waals surface area contributed by atoms with Gasteiger partial charge in [-0.2, -0.15) is 0 Å². The van der Waals surface area contributed by atoms with Crippen molar-refractivity contribution in [2.45, 2.75) is 6.61 Å². The van der Waals surface area contributed by atoms with E-state index in [0.717, 1.165) is 5.52 Å². The van der Waals surface area contributed by atoms with Gasteiger partial charge in [-0.05, 0) is 18.2 Å². The van der Waals surface area contributed by atoms with Crippen LogP contribution in [0.25, 0.3) is 10.9 Å². The SMILES string of the molecule is COCc1cc(Oc2ccc3[nH]cc(C(=O)O)c3c2)ncn1. The van der Waals surface area contributed by atoms with Crippen LogP contribution >= 0.6 is 0 Å². The fraction of sp³-hybridized carbons (Fsp3) is 0.133. The maximum Gasteiger partial charge on any atom is 0.337 e. The zero-order valence-electron chi connectivity index (χ0n) is 11.7. The van der Waals surface area contributed by atoms with Gasteiger partial charge in [0.2, 0.25) is 5.88 Å². The number of carboxylic acid groups (broad SMARTS) is 1. The average Bonchev–Trinajstić information content (AvgIpc) is 2.91. The Kier molecular flexibility index (Phi) is 3.71. The lowest BCUT2D eigenvalue weighted by atomic mass is 10.1. The van der Waals surface area contributed by atoms with Crippen molar-refractivity contribution in [1.29, 1.82) is 0 Å². The zero-order valence-corrected chi connectivity index (χ0v) is 11.7. The van der Waals surface area contributed by atoms with E-state index in [1.54, 1.807) is 31.4 Å². The molecule has 3 aromatic rings. The lowest BCUT2D eigenvalue weighted by Gasteiger charge is -2.06. The number of aromatic amines is 1. The molecule has 0 unspecified atom stereocenters. The van der Waals surface area contributed by atoms with Crippen LogP contribution in [-0.2, 0) is 11.3 Å². The van der Waals surface area contributed by atoms with Gasteiger partial charge in [0.1, 0.15) is 12.1 Å². The van der Waals surface area contributed by atoms with Crippen LogP contribution in [0.2, 0.25) is 0 Å². The third-order valence-corrected chi connectivity index (χ3v) is 3.10. The molecule has 2 heterocycles. The van der Waals surface area contributed by atoms with Crippen LogP contribution in [0.5, 0.6) is 11.6 Å². The number of carboxylic acids is 1. The van der Waals surface area contributed by atoms with E-state index in [1.165, 1.54) is 12.5 Å². The van der Waals surface area contributed by atoms with Crippen molar-refractivity contribution in [3.63, 3.8) is 0 Å². The summed E-state index contributed by atoms with van der Waals surface area (Å²) in [5, 5.41) is 9.73. The summed E-state index contributed by atoms with van der Waals surface area (Å²) in [7, 11) is 1.58. The van der Waals surface area contributed by atoms with Crippen molar-refractivity contribution in [1.82, 2.24) is 15.0 Å². The summed E-state index contributed by atoms with van der Waals surface area (Å²) < 4.78 is 10.7. The second-order valence-electron chi connectivity index (χ2n) is 4.60. The Morgan fingerprint density at radius 1 is 1.32 bits per heavy atom. The Labute approximate surface area is 125 Å². The molecule has 0 amide bonds. The molecule has 0 aliphatic rings. The number of nitrogens with zero attached hydrogens (tertiary/aromatic N) is 2. The molecule has 0 saturated heterocycles. The number of aromatic carboxylic acids is 1. The molecule has 2 N–H and O–H groups in total. The summed E-state index contributed by atoms with van der Waals surface area (Å²) in [6.45, 7) is 0.360. The van der Waals surface area contributed by atoms with E-state index in [9.17, 15) is 4.79 Å². The van der Waals surface area contributed by atoms with Crippen molar-refractivity contribution in [3.05, 3.63) is 48.0 Å². The fourth-order valence-electron chi connectivity index (χ4n) is 2.12. The van der Waals surface area contributed by atoms with Gasteiger partial charge < -0.3 is 19.6 Å². The molecule has 7 heteroatoms. The maximum absolute atomic E-state index is 11.2. The quantitative estimate of drug-likeness (QED) is 0.751. The van der Waals surface area contributed by atoms with Gasteiger partial charge in [-0.1, -0.05) is 0 Å². The predicted molar refractivity (Wildman–Crippen MR) is 78.1 cm³/mol. The first-order valence-electron chi connectivity index (χ1n) is 6.49. The van der Waals surface area contributed by atoms with E-state index in [-0.39, 0.29) is 5.56 Å². The zero-order chi connectivity index (χ0) is 15.5. The standard InChI is InChI=1S/C15H13N3O4/c1-21-7-9-4-14(18-8-17-9)22-10-2-3-13-11(5-10)12(6-16-13)15(19)20/h2-6,8,16H,7H2,1H3,(H,19,20). The second-order valence-corrected chi connectivity index (χ2v) is 4.60. The third kappa shape index (κ3) is 2.75. The van der Waals surface area contributed by atoms with E-state index < -0.39 is 5.97 Å². The number of ether oxygens (including phenoxy) is 2. The minimum atomic E-state index is -0.993. The highest BCUT2D eigenvalue weighted by molar-refractivity contribution is 6.03. The lowest BCUT2D eigenvalue weighted by molar-refractivity contribution is 0.0699. The van der Waals surface area contributed by atoms with Gasteiger partial charge in [-0.15, -0.1) is 0 Å². The monoisotopic (exact) mass is 299 g/mol. The number of nitrogens with one attached hydrogen (secondary N) is 1. The highest BCUT2D eigenvalue weighted by Crippen LogP contribution is 2.26. The molecule has 0 radical (unpaired) electrons. The van der Waals surface area contributed by atoms with Crippen LogP contribution in [-0.4, -0.2) is 33.1 Å². The normalized spacial score (nSPS) is 10.8. The minimum absolute atomic E-state index is 0.197. The smallest absolute Gasteiger partial charge is 0.337 e. The minimum Gasteiger partial charge on any atom is -0.478 e. The lowest BCUT2D eigenvalue weighted by Crippen LogP contribution is -1.96. The molecule has 7 nitrogen and oxygen atoms in total. The maximum atomic E-state index is 11.2. The van der Waals surface area contributed by atoms with Crippen LogP contribution in [0.15, 0.2) is 36.8 Å². The predicted octanol–water partition coefficient (Wildman–Crippen LogP) is 2.59.